The summed E-state index contributed by atoms with van der Waals surface area (Å²) in [6.07, 6.45) is 10.9. The van der Waals surface area contributed by atoms with Crippen LogP contribution in [-0.2, 0) is 11.2 Å². The highest BCUT2D eigenvalue weighted by atomic mass is 16.3. The molecule has 0 aliphatic heterocycles. The highest BCUT2D eigenvalue weighted by Crippen LogP contribution is 2.29. The van der Waals surface area contributed by atoms with Gasteiger partial charge >= 0.3 is 0 Å². The van der Waals surface area contributed by atoms with Gasteiger partial charge in [0.1, 0.15) is 5.75 Å². The molecule has 104 valence electrons. The fourth-order valence-corrected chi connectivity index (χ4v) is 2.23. The summed E-state index contributed by atoms with van der Waals surface area (Å²) in [6.45, 7) is 2.22. The van der Waals surface area contributed by atoms with Crippen LogP contribution in [-0.4, -0.2) is 11.2 Å². The van der Waals surface area contributed by atoms with Crippen LogP contribution in [0.15, 0.2) is 23.2 Å². The first-order valence-electron chi connectivity index (χ1n) is 7.18. The Morgan fingerprint density at radius 1 is 1.11 bits per heavy atom. The van der Waals surface area contributed by atoms with Crippen LogP contribution in [0.2, 0.25) is 0 Å². The van der Waals surface area contributed by atoms with Gasteiger partial charge in [0.25, 0.3) is 0 Å². The van der Waals surface area contributed by atoms with Gasteiger partial charge in [-0.2, -0.15) is 4.99 Å². The van der Waals surface area contributed by atoms with Crippen molar-refractivity contribution in [1.29, 1.82) is 0 Å². The quantitative estimate of drug-likeness (QED) is 0.399. The molecule has 19 heavy (non-hydrogen) atoms. The molecule has 0 spiro atoms. The fourth-order valence-electron chi connectivity index (χ4n) is 2.23. The van der Waals surface area contributed by atoms with Crippen LogP contribution in [0.5, 0.6) is 5.75 Å². The second-order valence-corrected chi connectivity index (χ2v) is 4.85. The van der Waals surface area contributed by atoms with Gasteiger partial charge in [0.2, 0.25) is 6.08 Å². The molecule has 0 aliphatic rings. The van der Waals surface area contributed by atoms with Crippen LogP contribution in [0.25, 0.3) is 0 Å². The number of aliphatic imine (C=N–C) groups is 1. The van der Waals surface area contributed by atoms with E-state index in [1.165, 1.54) is 32.1 Å². The third-order valence-electron chi connectivity index (χ3n) is 3.32. The number of carbonyl (C=O) groups excluding carboxylic acids is 1. The number of rotatable bonds is 9. The molecule has 0 aromatic heterocycles. The molecule has 1 aromatic carbocycles. The van der Waals surface area contributed by atoms with Crippen molar-refractivity contribution in [2.45, 2.75) is 58.3 Å². The molecule has 0 fully saturated rings. The number of phenolic OH excluding ortho intramolecular Hbond substituents is 1. The average molecular weight is 261 g/mol. The zero-order chi connectivity index (χ0) is 13.9. The zero-order valence-corrected chi connectivity index (χ0v) is 11.7. The maximum absolute atomic E-state index is 10.3. The van der Waals surface area contributed by atoms with Crippen LogP contribution in [0.4, 0.5) is 5.69 Å². The van der Waals surface area contributed by atoms with E-state index in [0.29, 0.717) is 5.69 Å². The fraction of sp³-hybridized carbons (Fsp3) is 0.562. The molecule has 1 N–H and O–H groups in total. The zero-order valence-electron chi connectivity index (χ0n) is 11.7. The normalized spacial score (nSPS) is 10.2. The first kappa shape index (κ1) is 15.5. The van der Waals surface area contributed by atoms with Gasteiger partial charge in [-0.25, -0.2) is 4.79 Å². The molecule has 0 saturated carbocycles. The first-order chi connectivity index (χ1) is 9.29. The van der Waals surface area contributed by atoms with Gasteiger partial charge in [-0.05, 0) is 25.0 Å². The molecule has 0 unspecified atom stereocenters. The van der Waals surface area contributed by atoms with Crippen molar-refractivity contribution in [2.75, 3.05) is 0 Å². The van der Waals surface area contributed by atoms with E-state index in [4.69, 9.17) is 0 Å². The van der Waals surface area contributed by atoms with Gasteiger partial charge in [-0.3, -0.25) is 0 Å². The number of benzene rings is 1. The number of nitrogens with zero attached hydrogens (tertiary/aromatic N) is 1. The number of hydrogen-bond donors (Lipinski definition) is 1. The number of unbranched alkanes of at least 4 members (excludes halogenated alkanes) is 6. The monoisotopic (exact) mass is 261 g/mol. The summed E-state index contributed by atoms with van der Waals surface area (Å²) in [5.41, 5.74) is 1.31. The molecular formula is C16H23NO2. The van der Waals surface area contributed by atoms with E-state index in [-0.39, 0.29) is 5.75 Å². The Hall–Kier alpha value is -1.60. The lowest BCUT2D eigenvalue weighted by Crippen LogP contribution is -1.88. The predicted octanol–water partition coefficient (Wildman–Crippen LogP) is 4.65. The van der Waals surface area contributed by atoms with E-state index in [0.717, 1.165) is 24.8 Å². The summed E-state index contributed by atoms with van der Waals surface area (Å²) in [7, 11) is 0. The summed E-state index contributed by atoms with van der Waals surface area (Å²) in [5, 5.41) is 9.80. The smallest absolute Gasteiger partial charge is 0.240 e. The topological polar surface area (TPSA) is 49.7 Å². The van der Waals surface area contributed by atoms with Crippen molar-refractivity contribution >= 4 is 11.8 Å². The molecule has 0 amide bonds. The van der Waals surface area contributed by atoms with Gasteiger partial charge in [0, 0.05) is 5.56 Å². The second kappa shape index (κ2) is 9.35. The maximum atomic E-state index is 10.3. The lowest BCUT2D eigenvalue weighted by Gasteiger charge is -2.07. The van der Waals surface area contributed by atoms with Crippen molar-refractivity contribution < 1.29 is 9.90 Å². The summed E-state index contributed by atoms with van der Waals surface area (Å²) >= 11 is 0. The Balaban J connectivity index is 2.38. The van der Waals surface area contributed by atoms with Gasteiger partial charge < -0.3 is 5.11 Å². The lowest BCUT2D eigenvalue weighted by atomic mass is 10.0. The van der Waals surface area contributed by atoms with E-state index in [1.807, 2.05) is 0 Å². The van der Waals surface area contributed by atoms with Gasteiger partial charge in [-0.1, -0.05) is 51.5 Å². The summed E-state index contributed by atoms with van der Waals surface area (Å²) in [6, 6.07) is 5.07. The number of phenols is 1. The molecule has 1 aromatic rings. The largest absolute Gasteiger partial charge is 0.508 e. The van der Waals surface area contributed by atoms with Crippen LogP contribution < -0.4 is 0 Å². The van der Waals surface area contributed by atoms with Crippen molar-refractivity contribution in [1.82, 2.24) is 0 Å². The van der Waals surface area contributed by atoms with Crippen LogP contribution >= 0.6 is 0 Å². The first-order valence-corrected chi connectivity index (χ1v) is 7.18. The van der Waals surface area contributed by atoms with Crippen LogP contribution in [0, 0.1) is 0 Å². The van der Waals surface area contributed by atoms with Crippen molar-refractivity contribution in [3.05, 3.63) is 23.8 Å². The maximum Gasteiger partial charge on any atom is 0.240 e. The van der Waals surface area contributed by atoms with Gasteiger partial charge in [0.15, 0.2) is 0 Å². The third kappa shape index (κ3) is 5.71. The molecule has 3 heteroatoms. The van der Waals surface area contributed by atoms with E-state index in [2.05, 4.69) is 11.9 Å². The van der Waals surface area contributed by atoms with E-state index >= 15 is 0 Å². The van der Waals surface area contributed by atoms with Gasteiger partial charge in [-0.15, -0.1) is 0 Å². The van der Waals surface area contributed by atoms with Crippen molar-refractivity contribution in [3.63, 3.8) is 0 Å². The Kier molecular flexibility index (Phi) is 7.60. The van der Waals surface area contributed by atoms with Crippen molar-refractivity contribution in [3.8, 4) is 5.75 Å². The van der Waals surface area contributed by atoms with Gasteiger partial charge in [0.05, 0.1) is 5.69 Å². The standard InChI is InChI=1S/C16H23NO2/c1-2-3-4-5-6-7-8-10-14-15(17-13-18)11-9-12-16(14)19/h9,11-12,19H,2-8,10H2,1H3. The Morgan fingerprint density at radius 2 is 1.79 bits per heavy atom. The summed E-state index contributed by atoms with van der Waals surface area (Å²) < 4.78 is 0. The van der Waals surface area contributed by atoms with Crippen LogP contribution in [0.1, 0.15) is 57.4 Å². The minimum atomic E-state index is 0.225. The lowest BCUT2D eigenvalue weighted by molar-refractivity contribution is 0.466. The second-order valence-electron chi connectivity index (χ2n) is 4.85. The predicted molar refractivity (Wildman–Crippen MR) is 77.6 cm³/mol. The Morgan fingerprint density at radius 3 is 2.47 bits per heavy atom. The molecular weight excluding hydrogens is 238 g/mol. The average Bonchev–Trinajstić information content (AvgIpc) is 2.41. The molecule has 0 atom stereocenters. The SMILES string of the molecule is CCCCCCCCCc1c(O)cccc1N=C=O. The molecule has 0 aliphatic carbocycles. The molecule has 0 bridgehead atoms. The summed E-state index contributed by atoms with van der Waals surface area (Å²) in [4.78, 5) is 14.0. The molecule has 0 heterocycles. The minimum Gasteiger partial charge on any atom is -0.508 e. The molecule has 0 saturated heterocycles. The van der Waals surface area contributed by atoms with E-state index in [9.17, 15) is 9.90 Å². The van der Waals surface area contributed by atoms with Crippen LogP contribution in [0.3, 0.4) is 0 Å². The number of hydrogen-bond acceptors (Lipinski definition) is 3. The number of aromatic hydroxyl groups is 1. The minimum absolute atomic E-state index is 0.225. The number of isocyanates is 1. The molecule has 0 radical (unpaired) electrons. The molecule has 1 rings (SSSR count). The van der Waals surface area contributed by atoms with E-state index in [1.54, 1.807) is 24.3 Å². The summed E-state index contributed by atoms with van der Waals surface area (Å²) in [5.74, 6) is 0.225. The third-order valence-corrected chi connectivity index (χ3v) is 3.32. The Bertz CT molecular complexity index is 423. The van der Waals surface area contributed by atoms with Crippen molar-refractivity contribution in [2.24, 2.45) is 4.99 Å². The Labute approximate surface area is 115 Å². The highest BCUT2D eigenvalue weighted by Gasteiger charge is 2.06. The highest BCUT2D eigenvalue weighted by molar-refractivity contribution is 5.58. The van der Waals surface area contributed by atoms with E-state index < -0.39 is 0 Å². The molecule has 3 nitrogen and oxygen atoms in total.